The highest BCUT2D eigenvalue weighted by molar-refractivity contribution is 5.19. The second-order valence-corrected chi connectivity index (χ2v) is 6.85. The molecule has 19 heavy (non-hydrogen) atoms. The van der Waals surface area contributed by atoms with Crippen molar-refractivity contribution in [3.8, 4) is 0 Å². The number of hydrogen-bond acceptors (Lipinski definition) is 4. The van der Waals surface area contributed by atoms with E-state index in [0.717, 1.165) is 19.3 Å². The van der Waals surface area contributed by atoms with E-state index in [0.29, 0.717) is 17.8 Å². The van der Waals surface area contributed by atoms with Crippen molar-refractivity contribution in [3.05, 3.63) is 11.8 Å². The van der Waals surface area contributed by atoms with Crippen molar-refractivity contribution in [2.24, 2.45) is 17.8 Å². The van der Waals surface area contributed by atoms with Crippen molar-refractivity contribution >= 4 is 0 Å². The average Bonchev–Trinajstić information content (AvgIpc) is 2.61. The van der Waals surface area contributed by atoms with E-state index in [1.807, 2.05) is 13.2 Å². The summed E-state index contributed by atoms with van der Waals surface area (Å²) in [6, 6.07) is 0. The first kappa shape index (κ1) is 12.2. The molecule has 2 bridgehead atoms. The Bertz CT molecular complexity index is 434. The zero-order chi connectivity index (χ0) is 13.3. The molecule has 6 atom stereocenters. The molecule has 1 saturated carbocycles. The maximum atomic E-state index is 6.11. The fourth-order valence-corrected chi connectivity index (χ4v) is 4.55. The number of fused-ring (bicyclic) bond motifs is 2. The molecule has 0 aromatic heterocycles. The van der Waals surface area contributed by atoms with Gasteiger partial charge in [-0.2, -0.15) is 0 Å². The average molecular weight is 266 g/mol. The van der Waals surface area contributed by atoms with E-state index in [1.165, 1.54) is 12.0 Å². The predicted molar refractivity (Wildman–Crippen MR) is 67.6 cm³/mol. The Hall–Kier alpha value is -0.580. The minimum Gasteiger partial charge on any atom is -0.469 e. The highest BCUT2D eigenvalue weighted by atomic mass is 17.3. The van der Waals surface area contributed by atoms with Crippen molar-refractivity contribution in [2.75, 3.05) is 0 Å². The van der Waals surface area contributed by atoms with E-state index < -0.39 is 11.4 Å². The molecule has 0 aromatic carbocycles. The molecule has 0 N–H and O–H groups in total. The van der Waals surface area contributed by atoms with Crippen LogP contribution >= 0.6 is 0 Å². The van der Waals surface area contributed by atoms with Crippen LogP contribution in [0.15, 0.2) is 11.8 Å². The second kappa shape index (κ2) is 3.74. The fourth-order valence-electron chi connectivity index (χ4n) is 4.55. The molecule has 4 heteroatoms. The lowest BCUT2D eigenvalue weighted by atomic mass is 9.60. The minimum atomic E-state index is -0.656. The molecule has 4 aliphatic heterocycles. The molecule has 1 unspecified atom stereocenters. The fraction of sp³-hybridized carbons (Fsp3) is 0.867. The van der Waals surface area contributed by atoms with Crippen LogP contribution in [0.1, 0.15) is 46.5 Å². The van der Waals surface area contributed by atoms with Gasteiger partial charge < -0.3 is 9.47 Å². The highest BCUT2D eigenvalue weighted by Gasteiger charge is 2.67. The highest BCUT2D eigenvalue weighted by Crippen LogP contribution is 2.59. The van der Waals surface area contributed by atoms with Crippen molar-refractivity contribution < 1.29 is 19.2 Å². The van der Waals surface area contributed by atoms with Gasteiger partial charge in [0.05, 0.1) is 6.26 Å². The van der Waals surface area contributed by atoms with E-state index in [1.54, 1.807) is 0 Å². The Labute approximate surface area is 114 Å². The normalized spacial score (nSPS) is 55.8. The van der Waals surface area contributed by atoms with Gasteiger partial charge in [0.15, 0.2) is 5.60 Å². The van der Waals surface area contributed by atoms with Crippen LogP contribution in [0.5, 0.6) is 0 Å². The van der Waals surface area contributed by atoms with Crippen LogP contribution in [0, 0.1) is 17.8 Å². The van der Waals surface area contributed by atoms with Gasteiger partial charge in [0.1, 0.15) is 0 Å². The molecular weight excluding hydrogens is 244 g/mol. The third-order valence-corrected chi connectivity index (χ3v) is 5.65. The van der Waals surface area contributed by atoms with Gasteiger partial charge in [-0.1, -0.05) is 6.92 Å². The first-order valence-electron chi connectivity index (χ1n) is 7.42. The van der Waals surface area contributed by atoms with Crippen molar-refractivity contribution in [1.82, 2.24) is 0 Å². The SMILES string of the molecule is CC1=CO[C@@H]2O[C@]3(C)CC[C@H]4[C@H](C)CCC1[C@@]24OO3. The van der Waals surface area contributed by atoms with Crippen LogP contribution < -0.4 is 0 Å². The Morgan fingerprint density at radius 1 is 1.21 bits per heavy atom. The summed E-state index contributed by atoms with van der Waals surface area (Å²) in [6.07, 6.45) is 5.87. The molecule has 0 radical (unpaired) electrons. The maximum Gasteiger partial charge on any atom is 0.235 e. The first-order chi connectivity index (χ1) is 9.05. The molecule has 106 valence electrons. The summed E-state index contributed by atoms with van der Waals surface area (Å²) in [5.41, 5.74) is 0.817. The summed E-state index contributed by atoms with van der Waals surface area (Å²) in [5, 5.41) is 0. The van der Waals surface area contributed by atoms with E-state index >= 15 is 0 Å². The molecule has 0 aromatic rings. The summed E-state index contributed by atoms with van der Waals surface area (Å²) >= 11 is 0. The van der Waals surface area contributed by atoms with Gasteiger partial charge in [0, 0.05) is 18.3 Å². The van der Waals surface area contributed by atoms with E-state index in [2.05, 4.69) is 13.8 Å². The molecule has 5 aliphatic rings. The number of rotatable bonds is 0. The van der Waals surface area contributed by atoms with Gasteiger partial charge in [-0.05, 0) is 44.6 Å². The largest absolute Gasteiger partial charge is 0.469 e. The minimum absolute atomic E-state index is 0.324. The standard InChI is InChI=1S/C15H22O4/c1-9-4-5-11-10(2)8-16-13-15(11)12(9)6-7-14(3,17-13)18-19-15/h8-9,11-13H,4-7H2,1-3H3/t9-,11?,12+,13-,14+,15+/m1/s1. The zero-order valence-corrected chi connectivity index (χ0v) is 11.8. The van der Waals surface area contributed by atoms with Gasteiger partial charge in [0.25, 0.3) is 0 Å². The second-order valence-electron chi connectivity index (χ2n) is 6.85. The lowest BCUT2D eigenvalue weighted by Crippen LogP contribution is -2.66. The zero-order valence-electron chi connectivity index (χ0n) is 11.8. The summed E-state index contributed by atoms with van der Waals surface area (Å²) < 4.78 is 12.0. The Kier molecular flexibility index (Phi) is 2.40. The van der Waals surface area contributed by atoms with Crippen LogP contribution in [-0.4, -0.2) is 17.7 Å². The van der Waals surface area contributed by atoms with Crippen molar-refractivity contribution in [1.29, 1.82) is 0 Å². The van der Waals surface area contributed by atoms with Crippen LogP contribution in [0.3, 0.4) is 0 Å². The van der Waals surface area contributed by atoms with Crippen LogP contribution in [0.4, 0.5) is 0 Å². The molecule has 0 amide bonds. The van der Waals surface area contributed by atoms with Crippen LogP contribution in [0.2, 0.25) is 0 Å². The molecule has 3 saturated heterocycles. The molecule has 4 nitrogen and oxygen atoms in total. The predicted octanol–water partition coefficient (Wildman–Crippen LogP) is 3.14. The number of ether oxygens (including phenoxy) is 2. The Morgan fingerprint density at radius 3 is 2.89 bits per heavy atom. The van der Waals surface area contributed by atoms with Crippen LogP contribution in [0.25, 0.3) is 0 Å². The third-order valence-electron chi connectivity index (χ3n) is 5.65. The Balaban J connectivity index is 1.85. The van der Waals surface area contributed by atoms with Gasteiger partial charge in [0.2, 0.25) is 12.1 Å². The monoisotopic (exact) mass is 266 g/mol. The maximum absolute atomic E-state index is 6.11. The molecular formula is C15H22O4. The molecule has 1 aliphatic carbocycles. The van der Waals surface area contributed by atoms with E-state index in [-0.39, 0.29) is 6.29 Å². The molecule has 4 heterocycles. The lowest BCUT2D eigenvalue weighted by molar-refractivity contribution is -0.555. The van der Waals surface area contributed by atoms with Gasteiger partial charge in [-0.15, -0.1) is 0 Å². The summed E-state index contributed by atoms with van der Waals surface area (Å²) in [4.78, 5) is 11.7. The van der Waals surface area contributed by atoms with Gasteiger partial charge in [-0.3, -0.25) is 0 Å². The lowest BCUT2D eigenvalue weighted by Gasteiger charge is -2.56. The van der Waals surface area contributed by atoms with Crippen molar-refractivity contribution in [2.45, 2.75) is 64.1 Å². The first-order valence-corrected chi connectivity index (χ1v) is 7.42. The molecule has 4 fully saturated rings. The van der Waals surface area contributed by atoms with E-state index in [9.17, 15) is 0 Å². The number of hydrogen-bond donors (Lipinski definition) is 0. The quantitative estimate of drug-likeness (QED) is 0.631. The summed E-state index contributed by atoms with van der Waals surface area (Å²) in [7, 11) is 0. The summed E-state index contributed by atoms with van der Waals surface area (Å²) in [6.45, 7) is 6.40. The van der Waals surface area contributed by atoms with Gasteiger partial charge >= 0.3 is 0 Å². The Morgan fingerprint density at radius 2 is 2.05 bits per heavy atom. The molecule has 5 rings (SSSR count). The third kappa shape index (κ3) is 1.45. The van der Waals surface area contributed by atoms with Crippen molar-refractivity contribution in [3.63, 3.8) is 0 Å². The van der Waals surface area contributed by atoms with Gasteiger partial charge in [-0.25, -0.2) is 9.78 Å². The van der Waals surface area contributed by atoms with Crippen LogP contribution in [-0.2, 0) is 19.2 Å². The topological polar surface area (TPSA) is 36.9 Å². The summed E-state index contributed by atoms with van der Waals surface area (Å²) in [5.74, 6) is 0.775. The smallest absolute Gasteiger partial charge is 0.235 e. The van der Waals surface area contributed by atoms with E-state index in [4.69, 9.17) is 19.2 Å². The molecule has 1 spiro atoms.